The molecule has 128 valence electrons. The van der Waals surface area contributed by atoms with E-state index in [0.717, 1.165) is 5.56 Å². The van der Waals surface area contributed by atoms with Crippen molar-refractivity contribution < 1.29 is 18.7 Å². The summed E-state index contributed by atoms with van der Waals surface area (Å²) in [6.45, 7) is 1.85. The average Bonchev–Trinajstić information content (AvgIpc) is 3.09. The summed E-state index contributed by atoms with van der Waals surface area (Å²) in [7, 11) is 0. The number of aryl methyl sites for hydroxylation is 1. The van der Waals surface area contributed by atoms with E-state index in [0.29, 0.717) is 17.1 Å². The number of carboxylic acids is 1. The van der Waals surface area contributed by atoms with Crippen LogP contribution >= 0.6 is 0 Å². The minimum atomic E-state index is -1.02. The van der Waals surface area contributed by atoms with Crippen LogP contribution < -0.4 is 0 Å². The van der Waals surface area contributed by atoms with Gasteiger partial charge in [0.1, 0.15) is 17.3 Å². The monoisotopic (exact) mass is 347 g/mol. The smallest absolute Gasteiger partial charge is 0.335 e. The molecule has 1 aromatic heterocycles. The van der Waals surface area contributed by atoms with Crippen molar-refractivity contribution in [3.63, 3.8) is 0 Å². The Morgan fingerprint density at radius 2 is 1.96 bits per heavy atom. The van der Waals surface area contributed by atoms with Crippen molar-refractivity contribution in [3.05, 3.63) is 82.9 Å². The molecule has 0 saturated heterocycles. The summed E-state index contributed by atoms with van der Waals surface area (Å²) in [5, 5.41) is 18.5. The van der Waals surface area contributed by atoms with Crippen molar-refractivity contribution in [1.29, 1.82) is 5.26 Å². The largest absolute Gasteiger partial charge is 0.478 e. The summed E-state index contributed by atoms with van der Waals surface area (Å²) in [5.74, 6) is -0.663. The first-order valence-electron chi connectivity index (χ1n) is 7.80. The highest BCUT2D eigenvalue weighted by Gasteiger charge is 2.12. The zero-order valence-electron chi connectivity index (χ0n) is 13.9. The van der Waals surface area contributed by atoms with Crippen LogP contribution in [0.25, 0.3) is 23.0 Å². The maximum absolute atomic E-state index is 13.9. The molecule has 0 aliphatic heterocycles. The first-order chi connectivity index (χ1) is 12.5. The number of aromatic carboxylic acids is 1. The summed E-state index contributed by atoms with van der Waals surface area (Å²) in [5.41, 5.74) is 1.99. The molecule has 0 aliphatic rings. The lowest BCUT2D eigenvalue weighted by Gasteiger charge is -2.04. The van der Waals surface area contributed by atoms with Gasteiger partial charge in [0.05, 0.1) is 17.2 Å². The lowest BCUT2D eigenvalue weighted by atomic mass is 10.0. The molecule has 0 spiro atoms. The number of allylic oxidation sites excluding steroid dienone is 1. The Labute approximate surface area is 149 Å². The van der Waals surface area contributed by atoms with Crippen LogP contribution in [0.4, 0.5) is 4.39 Å². The number of nitrogens with zero attached hydrogens (tertiary/aromatic N) is 1. The molecule has 26 heavy (non-hydrogen) atoms. The van der Waals surface area contributed by atoms with E-state index >= 15 is 0 Å². The third-order valence-electron chi connectivity index (χ3n) is 3.95. The summed E-state index contributed by atoms with van der Waals surface area (Å²) < 4.78 is 19.6. The third-order valence-corrected chi connectivity index (χ3v) is 3.95. The van der Waals surface area contributed by atoms with Crippen LogP contribution in [0.15, 0.2) is 59.0 Å². The van der Waals surface area contributed by atoms with Gasteiger partial charge in [0.25, 0.3) is 0 Å². The minimum absolute atomic E-state index is 0.139. The first-order valence-corrected chi connectivity index (χ1v) is 7.80. The Hall–Kier alpha value is -3.65. The molecule has 0 bridgehead atoms. The predicted octanol–water partition coefficient (Wildman–Crippen LogP) is 5.16. The molecular formula is C21H14FNO3. The number of hydrogen-bond donors (Lipinski definition) is 1. The highest BCUT2D eigenvalue weighted by molar-refractivity contribution is 5.90. The third kappa shape index (κ3) is 3.40. The quantitative estimate of drug-likeness (QED) is 0.662. The minimum Gasteiger partial charge on any atom is -0.478 e. The molecule has 0 aliphatic carbocycles. The molecule has 0 saturated carbocycles. The van der Waals surface area contributed by atoms with Crippen LogP contribution in [-0.2, 0) is 0 Å². The Morgan fingerprint density at radius 3 is 2.65 bits per heavy atom. The molecule has 3 aromatic rings. The lowest BCUT2D eigenvalue weighted by molar-refractivity contribution is 0.0697. The number of nitriles is 1. The normalized spacial score (nSPS) is 11.2. The van der Waals surface area contributed by atoms with Crippen LogP contribution in [0.1, 0.15) is 27.2 Å². The first kappa shape index (κ1) is 17.2. The maximum Gasteiger partial charge on any atom is 0.335 e. The van der Waals surface area contributed by atoms with Crippen molar-refractivity contribution in [1.82, 2.24) is 0 Å². The van der Waals surface area contributed by atoms with E-state index in [1.54, 1.807) is 30.3 Å². The van der Waals surface area contributed by atoms with Crippen molar-refractivity contribution >= 4 is 17.6 Å². The van der Waals surface area contributed by atoms with Gasteiger partial charge in [-0.2, -0.15) is 5.26 Å². The highest BCUT2D eigenvalue weighted by atomic mass is 19.1. The molecule has 0 radical (unpaired) electrons. The molecule has 0 atom stereocenters. The second kappa shape index (κ2) is 7.08. The van der Waals surface area contributed by atoms with Crippen LogP contribution in [0, 0.1) is 24.1 Å². The zero-order chi connectivity index (χ0) is 18.7. The summed E-state index contributed by atoms with van der Waals surface area (Å²) in [4.78, 5) is 11.2. The van der Waals surface area contributed by atoms with Gasteiger partial charge in [-0.05, 0) is 48.9 Å². The average molecular weight is 347 g/mol. The molecule has 5 heteroatoms. The van der Waals surface area contributed by atoms with Gasteiger partial charge in [0, 0.05) is 11.1 Å². The van der Waals surface area contributed by atoms with E-state index in [1.165, 1.54) is 30.3 Å². The number of furan rings is 1. The van der Waals surface area contributed by atoms with Gasteiger partial charge in [-0.15, -0.1) is 0 Å². The lowest BCUT2D eigenvalue weighted by Crippen LogP contribution is -1.96. The Kier molecular flexibility index (Phi) is 4.68. The summed E-state index contributed by atoms with van der Waals surface area (Å²) >= 11 is 0. The fourth-order valence-electron chi connectivity index (χ4n) is 2.59. The van der Waals surface area contributed by atoms with Gasteiger partial charge >= 0.3 is 5.97 Å². The highest BCUT2D eigenvalue weighted by Crippen LogP contribution is 2.29. The van der Waals surface area contributed by atoms with Gasteiger partial charge in [-0.3, -0.25) is 0 Å². The maximum atomic E-state index is 13.9. The van der Waals surface area contributed by atoms with E-state index in [2.05, 4.69) is 0 Å². The SMILES string of the molecule is Cc1ccc(C(=O)O)cc1-c1ccc(/C=C(/C#N)c2ccccc2F)o1. The molecule has 1 heterocycles. The van der Waals surface area contributed by atoms with E-state index in [9.17, 15) is 14.4 Å². The number of rotatable bonds is 4. The van der Waals surface area contributed by atoms with Gasteiger partial charge in [-0.1, -0.05) is 24.3 Å². The fraction of sp³-hybridized carbons (Fsp3) is 0.0476. The van der Waals surface area contributed by atoms with E-state index in [1.807, 2.05) is 13.0 Å². The molecule has 1 N–H and O–H groups in total. The van der Waals surface area contributed by atoms with Crippen LogP contribution in [0.2, 0.25) is 0 Å². The second-order valence-corrected chi connectivity index (χ2v) is 5.69. The number of carboxylic acid groups (broad SMARTS) is 1. The van der Waals surface area contributed by atoms with E-state index < -0.39 is 11.8 Å². The molecule has 0 fully saturated rings. The van der Waals surface area contributed by atoms with Gasteiger partial charge in [0.2, 0.25) is 0 Å². The van der Waals surface area contributed by atoms with Crippen LogP contribution in [0.3, 0.4) is 0 Å². The Balaban J connectivity index is 2.01. The number of benzene rings is 2. The topological polar surface area (TPSA) is 74.2 Å². The molecular weight excluding hydrogens is 333 g/mol. The number of halogens is 1. The Bertz CT molecular complexity index is 1060. The van der Waals surface area contributed by atoms with E-state index in [-0.39, 0.29) is 16.7 Å². The second-order valence-electron chi connectivity index (χ2n) is 5.69. The van der Waals surface area contributed by atoms with Crippen molar-refractivity contribution in [2.75, 3.05) is 0 Å². The Morgan fingerprint density at radius 1 is 1.19 bits per heavy atom. The van der Waals surface area contributed by atoms with Crippen molar-refractivity contribution in [2.24, 2.45) is 0 Å². The van der Waals surface area contributed by atoms with Gasteiger partial charge < -0.3 is 9.52 Å². The standard InChI is InChI=1S/C21H14FNO3/c1-13-6-7-14(21(24)25)11-18(13)20-9-8-16(26-20)10-15(12-23)17-4-2-3-5-19(17)22/h2-11H,1H3,(H,24,25)/b15-10-. The van der Waals surface area contributed by atoms with Crippen molar-refractivity contribution in [2.45, 2.75) is 6.92 Å². The number of carbonyl (C=O) groups is 1. The summed E-state index contributed by atoms with van der Waals surface area (Å²) in [6.07, 6.45) is 1.46. The fourth-order valence-corrected chi connectivity index (χ4v) is 2.59. The predicted molar refractivity (Wildman–Crippen MR) is 95.7 cm³/mol. The number of hydrogen-bond acceptors (Lipinski definition) is 3. The molecule has 2 aromatic carbocycles. The van der Waals surface area contributed by atoms with E-state index in [4.69, 9.17) is 9.52 Å². The summed E-state index contributed by atoms with van der Waals surface area (Å²) in [6, 6.07) is 16.1. The van der Waals surface area contributed by atoms with Crippen molar-refractivity contribution in [3.8, 4) is 17.4 Å². The molecule has 4 nitrogen and oxygen atoms in total. The van der Waals surface area contributed by atoms with Gasteiger partial charge in [0.15, 0.2) is 0 Å². The molecule has 3 rings (SSSR count). The molecule has 0 unspecified atom stereocenters. The molecule has 0 amide bonds. The van der Waals surface area contributed by atoms with Crippen LogP contribution in [-0.4, -0.2) is 11.1 Å². The van der Waals surface area contributed by atoms with Crippen LogP contribution in [0.5, 0.6) is 0 Å². The van der Waals surface area contributed by atoms with Gasteiger partial charge in [-0.25, -0.2) is 9.18 Å². The zero-order valence-corrected chi connectivity index (χ0v) is 13.9.